The average Bonchev–Trinajstić information content (AvgIpc) is 2.89. The van der Waals surface area contributed by atoms with Gasteiger partial charge in [0, 0.05) is 0 Å². The fourth-order valence-corrected chi connectivity index (χ4v) is 3.97. The monoisotopic (exact) mass is 464 g/mol. The summed E-state index contributed by atoms with van der Waals surface area (Å²) >= 11 is 0. The van der Waals surface area contributed by atoms with Crippen molar-refractivity contribution in [3.8, 4) is 23.0 Å². The topological polar surface area (TPSA) is 63.2 Å². The first-order valence-corrected chi connectivity index (χ1v) is 11.1. The molecule has 0 aromatic heterocycles. The van der Waals surface area contributed by atoms with Crippen LogP contribution in [0.15, 0.2) is 54.6 Å². The summed E-state index contributed by atoms with van der Waals surface area (Å²) in [6.07, 6.45) is 3.48. The van der Waals surface area contributed by atoms with E-state index in [0.717, 1.165) is 36.8 Å². The first-order chi connectivity index (χ1) is 16.5. The first kappa shape index (κ1) is 25.0. The van der Waals surface area contributed by atoms with E-state index in [4.69, 9.17) is 23.7 Å². The summed E-state index contributed by atoms with van der Waals surface area (Å²) in [5.74, 6) is 2.07. The predicted octanol–water partition coefficient (Wildman–Crippen LogP) is 5.08. The second-order valence-corrected chi connectivity index (χ2v) is 7.88. The van der Waals surface area contributed by atoms with Crippen LogP contribution in [0.2, 0.25) is 0 Å². The first-order valence-electron chi connectivity index (χ1n) is 11.1. The zero-order chi connectivity index (χ0) is 24.5. The van der Waals surface area contributed by atoms with Crippen LogP contribution in [0.4, 0.5) is 0 Å². The van der Waals surface area contributed by atoms with Crippen LogP contribution in [0.25, 0.3) is 0 Å². The van der Waals surface area contributed by atoms with Gasteiger partial charge in [0.25, 0.3) is 0 Å². The molecule has 6 heteroatoms. The van der Waals surface area contributed by atoms with Gasteiger partial charge in [-0.25, -0.2) is 4.79 Å². The third-order valence-corrected chi connectivity index (χ3v) is 5.79. The van der Waals surface area contributed by atoms with Crippen LogP contribution in [0.5, 0.6) is 23.0 Å². The third kappa shape index (κ3) is 6.01. The Labute approximate surface area is 201 Å². The lowest BCUT2D eigenvalue weighted by molar-refractivity contribution is 0.0597. The van der Waals surface area contributed by atoms with E-state index in [-0.39, 0.29) is 0 Å². The summed E-state index contributed by atoms with van der Waals surface area (Å²) < 4.78 is 26.5. The van der Waals surface area contributed by atoms with E-state index in [2.05, 4.69) is 24.3 Å². The second-order valence-electron chi connectivity index (χ2n) is 7.88. The molecule has 0 amide bonds. The normalized spacial score (nSPS) is 10.5. The molecule has 0 fully saturated rings. The Hall–Kier alpha value is -3.67. The fourth-order valence-electron chi connectivity index (χ4n) is 3.97. The molecular weight excluding hydrogens is 432 g/mol. The van der Waals surface area contributed by atoms with Gasteiger partial charge in [-0.1, -0.05) is 30.3 Å². The maximum absolute atomic E-state index is 11.9. The third-order valence-electron chi connectivity index (χ3n) is 5.79. The highest BCUT2D eigenvalue weighted by Gasteiger charge is 2.14. The molecule has 0 radical (unpaired) electrons. The van der Waals surface area contributed by atoms with Crippen LogP contribution in [-0.2, 0) is 30.4 Å². The summed E-state index contributed by atoms with van der Waals surface area (Å²) in [5, 5.41) is 0. The number of hydrogen-bond acceptors (Lipinski definition) is 6. The molecular formula is C28H32O6. The predicted molar refractivity (Wildman–Crippen MR) is 132 cm³/mol. The van der Waals surface area contributed by atoms with Gasteiger partial charge < -0.3 is 23.7 Å². The zero-order valence-corrected chi connectivity index (χ0v) is 20.5. The molecule has 0 unspecified atom stereocenters. The van der Waals surface area contributed by atoms with Crippen molar-refractivity contribution in [3.63, 3.8) is 0 Å². The number of esters is 1. The fraction of sp³-hybridized carbons (Fsp3) is 0.321. The Bertz CT molecular complexity index is 1100. The van der Waals surface area contributed by atoms with Crippen LogP contribution < -0.4 is 18.9 Å². The molecule has 0 aliphatic rings. The van der Waals surface area contributed by atoms with Gasteiger partial charge in [-0.15, -0.1) is 0 Å². The van der Waals surface area contributed by atoms with Crippen molar-refractivity contribution in [2.24, 2.45) is 0 Å². The maximum atomic E-state index is 11.9. The van der Waals surface area contributed by atoms with Crippen molar-refractivity contribution in [1.29, 1.82) is 0 Å². The van der Waals surface area contributed by atoms with Crippen molar-refractivity contribution < 1.29 is 28.5 Å². The van der Waals surface area contributed by atoms with Gasteiger partial charge in [-0.3, -0.25) is 0 Å². The van der Waals surface area contributed by atoms with E-state index in [0.29, 0.717) is 28.6 Å². The highest BCUT2D eigenvalue weighted by atomic mass is 16.5. The van der Waals surface area contributed by atoms with Crippen LogP contribution in [0.3, 0.4) is 0 Å². The van der Waals surface area contributed by atoms with Gasteiger partial charge in [-0.2, -0.15) is 0 Å². The summed E-state index contributed by atoms with van der Waals surface area (Å²) in [5.41, 5.74) is 5.19. The Kier molecular flexibility index (Phi) is 8.79. The van der Waals surface area contributed by atoms with Crippen molar-refractivity contribution >= 4 is 5.97 Å². The molecule has 0 aliphatic heterocycles. The Morgan fingerprint density at radius 1 is 0.588 bits per heavy atom. The highest BCUT2D eigenvalue weighted by molar-refractivity contribution is 5.92. The summed E-state index contributed by atoms with van der Waals surface area (Å²) in [6, 6.07) is 18.2. The molecule has 0 bridgehead atoms. The van der Waals surface area contributed by atoms with Gasteiger partial charge >= 0.3 is 5.97 Å². The highest BCUT2D eigenvalue weighted by Crippen LogP contribution is 2.38. The Morgan fingerprint density at radius 3 is 1.59 bits per heavy atom. The van der Waals surface area contributed by atoms with Gasteiger partial charge in [0.1, 0.15) is 11.3 Å². The zero-order valence-electron chi connectivity index (χ0n) is 20.5. The van der Waals surface area contributed by atoms with Crippen LogP contribution in [0.1, 0.15) is 32.6 Å². The average molecular weight is 465 g/mol. The SMILES string of the molecule is COC(=O)c1ccc(CCc2cccc(CCc3cc(OC)c(OC)c(OC)c3)c2)cc1OC. The smallest absolute Gasteiger partial charge is 0.341 e. The molecule has 0 saturated heterocycles. The lowest BCUT2D eigenvalue weighted by Gasteiger charge is -2.14. The molecule has 0 N–H and O–H groups in total. The lowest BCUT2D eigenvalue weighted by atomic mass is 9.98. The van der Waals surface area contributed by atoms with E-state index in [9.17, 15) is 4.79 Å². The van der Waals surface area contributed by atoms with Crippen molar-refractivity contribution in [2.75, 3.05) is 35.5 Å². The number of benzene rings is 3. The molecule has 3 rings (SSSR count). The van der Waals surface area contributed by atoms with Crippen molar-refractivity contribution in [2.45, 2.75) is 25.7 Å². The number of methoxy groups -OCH3 is 5. The van der Waals surface area contributed by atoms with Crippen LogP contribution in [-0.4, -0.2) is 41.5 Å². The Morgan fingerprint density at radius 2 is 1.09 bits per heavy atom. The quantitative estimate of drug-likeness (QED) is 0.369. The van der Waals surface area contributed by atoms with Crippen molar-refractivity contribution in [3.05, 3.63) is 82.4 Å². The molecule has 34 heavy (non-hydrogen) atoms. The van der Waals surface area contributed by atoms with Gasteiger partial charge in [0.15, 0.2) is 11.5 Å². The number of aryl methyl sites for hydroxylation is 4. The van der Waals surface area contributed by atoms with Crippen LogP contribution >= 0.6 is 0 Å². The van der Waals surface area contributed by atoms with E-state index < -0.39 is 5.97 Å². The minimum atomic E-state index is -0.400. The number of rotatable bonds is 11. The second kappa shape index (κ2) is 12.0. The van der Waals surface area contributed by atoms with E-state index in [1.165, 1.54) is 18.2 Å². The molecule has 3 aromatic rings. The summed E-state index contributed by atoms with van der Waals surface area (Å²) in [6.45, 7) is 0. The van der Waals surface area contributed by atoms with Crippen LogP contribution in [0, 0.1) is 0 Å². The van der Waals surface area contributed by atoms with E-state index in [1.54, 1.807) is 34.5 Å². The van der Waals surface area contributed by atoms with Gasteiger partial charge in [-0.05, 0) is 72.2 Å². The number of ether oxygens (including phenoxy) is 5. The lowest BCUT2D eigenvalue weighted by Crippen LogP contribution is -2.05. The number of carbonyl (C=O) groups is 1. The van der Waals surface area contributed by atoms with Gasteiger partial charge in [0.2, 0.25) is 5.75 Å². The minimum Gasteiger partial charge on any atom is -0.496 e. The molecule has 0 saturated carbocycles. The Balaban J connectivity index is 1.66. The molecule has 3 aromatic carbocycles. The summed E-state index contributed by atoms with van der Waals surface area (Å²) in [7, 11) is 7.79. The number of carbonyl (C=O) groups excluding carboxylic acids is 1. The maximum Gasteiger partial charge on any atom is 0.341 e. The van der Waals surface area contributed by atoms with Gasteiger partial charge in [0.05, 0.1) is 35.5 Å². The molecule has 0 atom stereocenters. The largest absolute Gasteiger partial charge is 0.496 e. The molecule has 6 nitrogen and oxygen atoms in total. The molecule has 0 spiro atoms. The van der Waals surface area contributed by atoms with Crippen molar-refractivity contribution in [1.82, 2.24) is 0 Å². The minimum absolute atomic E-state index is 0.400. The summed E-state index contributed by atoms with van der Waals surface area (Å²) in [4.78, 5) is 11.9. The number of hydrogen-bond donors (Lipinski definition) is 0. The standard InChI is InChI=1S/C28H32O6/c1-30-24-16-21(13-14-23(24)28(29)34-5)10-9-19-7-6-8-20(15-19)11-12-22-17-25(31-2)27(33-4)26(18-22)32-3/h6-8,13-18H,9-12H2,1-5H3. The van der Waals surface area contributed by atoms with E-state index in [1.807, 2.05) is 24.3 Å². The van der Waals surface area contributed by atoms with E-state index >= 15 is 0 Å². The molecule has 0 aliphatic carbocycles. The molecule has 0 heterocycles. The molecule has 180 valence electrons.